The van der Waals surface area contributed by atoms with E-state index < -0.39 is 23.3 Å². The quantitative estimate of drug-likeness (QED) is 0.332. The number of likely N-dealkylation sites (N-methyl/N-ethyl adjacent to an activating group) is 1. The normalized spacial score (nSPS) is 10.7. The number of nitrogens with zero attached hydrogens (tertiary/aromatic N) is 1. The lowest BCUT2D eigenvalue weighted by Crippen LogP contribution is -2.18. The minimum Gasteiger partial charge on any atom is -0.392 e. The van der Waals surface area contributed by atoms with Crippen LogP contribution in [0, 0.1) is 23.3 Å². The number of hydrogen-bond donors (Lipinski definition) is 1. The van der Waals surface area contributed by atoms with Crippen LogP contribution in [0.4, 0.5) is 17.6 Å². The summed E-state index contributed by atoms with van der Waals surface area (Å²) in [5, 5.41) is 8.61. The van der Waals surface area contributed by atoms with Gasteiger partial charge in [0.1, 0.15) is 0 Å². The molecule has 0 spiro atoms. The molecule has 1 N–H and O–H groups in total. The van der Waals surface area contributed by atoms with Gasteiger partial charge >= 0.3 is 0 Å². The van der Waals surface area contributed by atoms with Gasteiger partial charge in [0.15, 0.2) is 23.3 Å². The smallest absolute Gasteiger partial charge is 0.159 e. The lowest BCUT2D eigenvalue weighted by Gasteiger charge is -2.10. The van der Waals surface area contributed by atoms with E-state index in [-0.39, 0.29) is 13.2 Å². The van der Waals surface area contributed by atoms with Gasteiger partial charge in [0.25, 0.3) is 0 Å². The number of ether oxygens (including phenoxy) is 1. The standard InChI is InChI=1S/C11H14BrF2NO.C7H5BrF2O/c1-15(2)3-4-16-7-8-5-10(13)11(14)6-9(8)12;8-5-2-7(10)6(9)1-4(5)3-11/h5-6H,3-4,7H2,1-2H3;1-2,11H,3H2. The minimum atomic E-state index is -0.947. The Morgan fingerprint density at radius 2 is 1.30 bits per heavy atom. The molecule has 0 fully saturated rings. The monoisotopic (exact) mass is 515 g/mol. The van der Waals surface area contributed by atoms with E-state index in [9.17, 15) is 17.6 Å². The Balaban J connectivity index is 0.000000289. The second kappa shape index (κ2) is 11.8. The van der Waals surface area contributed by atoms with Crippen molar-refractivity contribution in [1.82, 2.24) is 4.90 Å². The number of hydrogen-bond acceptors (Lipinski definition) is 3. The van der Waals surface area contributed by atoms with Gasteiger partial charge in [0.05, 0.1) is 19.8 Å². The molecule has 2 aromatic rings. The van der Waals surface area contributed by atoms with Crippen molar-refractivity contribution in [2.24, 2.45) is 0 Å². The highest BCUT2D eigenvalue weighted by Crippen LogP contribution is 2.21. The second-order valence-corrected chi connectivity index (χ2v) is 7.44. The van der Waals surface area contributed by atoms with E-state index in [4.69, 9.17) is 9.84 Å². The molecule has 2 aromatic carbocycles. The van der Waals surface area contributed by atoms with Gasteiger partial charge in [-0.15, -0.1) is 0 Å². The summed E-state index contributed by atoms with van der Waals surface area (Å²) in [6.45, 7) is 1.31. The number of benzene rings is 2. The van der Waals surface area contributed by atoms with Gasteiger partial charge in [0, 0.05) is 15.5 Å². The summed E-state index contributed by atoms with van der Waals surface area (Å²) in [5.74, 6) is -3.58. The Kier molecular flexibility index (Phi) is 10.5. The number of aliphatic hydroxyl groups is 1. The van der Waals surface area contributed by atoms with Crippen LogP contribution < -0.4 is 0 Å². The molecule has 0 saturated heterocycles. The Morgan fingerprint density at radius 3 is 1.78 bits per heavy atom. The molecule has 0 aliphatic heterocycles. The van der Waals surface area contributed by atoms with Crippen LogP contribution in [0.2, 0.25) is 0 Å². The van der Waals surface area contributed by atoms with Crippen LogP contribution >= 0.6 is 31.9 Å². The summed E-state index contributed by atoms with van der Waals surface area (Å²) < 4.78 is 56.8. The molecule has 0 radical (unpaired) electrons. The average molecular weight is 517 g/mol. The zero-order valence-corrected chi connectivity index (χ0v) is 17.9. The third kappa shape index (κ3) is 8.27. The summed E-state index contributed by atoms with van der Waals surface area (Å²) in [6.07, 6.45) is 0. The van der Waals surface area contributed by atoms with Crippen LogP contribution in [-0.2, 0) is 18.0 Å². The summed E-state index contributed by atoms with van der Waals surface area (Å²) in [7, 11) is 3.88. The maximum absolute atomic E-state index is 12.9. The molecule has 0 bridgehead atoms. The van der Waals surface area contributed by atoms with Crippen LogP contribution in [-0.4, -0.2) is 37.3 Å². The molecule has 0 amide bonds. The molecular weight excluding hydrogens is 498 g/mol. The molecule has 150 valence electrons. The van der Waals surface area contributed by atoms with Gasteiger partial charge in [-0.3, -0.25) is 0 Å². The molecule has 2 rings (SSSR count). The lowest BCUT2D eigenvalue weighted by molar-refractivity contribution is 0.105. The number of aliphatic hydroxyl groups excluding tert-OH is 1. The van der Waals surface area contributed by atoms with Gasteiger partial charge in [-0.25, -0.2) is 17.6 Å². The van der Waals surface area contributed by atoms with Gasteiger partial charge in [0.2, 0.25) is 0 Å². The van der Waals surface area contributed by atoms with E-state index in [1.165, 1.54) is 0 Å². The van der Waals surface area contributed by atoms with Gasteiger partial charge < -0.3 is 14.7 Å². The summed E-state index contributed by atoms with van der Waals surface area (Å²) in [6, 6.07) is 4.20. The highest BCUT2D eigenvalue weighted by molar-refractivity contribution is 9.10. The van der Waals surface area contributed by atoms with Crippen LogP contribution in [0.3, 0.4) is 0 Å². The third-order valence-corrected chi connectivity index (χ3v) is 4.77. The molecule has 0 heterocycles. The first-order chi connectivity index (χ1) is 12.6. The predicted molar refractivity (Wildman–Crippen MR) is 102 cm³/mol. The van der Waals surface area contributed by atoms with Crippen molar-refractivity contribution in [3.05, 3.63) is 67.6 Å². The first-order valence-electron chi connectivity index (χ1n) is 7.75. The van der Waals surface area contributed by atoms with Gasteiger partial charge in [-0.1, -0.05) is 31.9 Å². The summed E-state index contributed by atoms with van der Waals surface area (Å²) in [4.78, 5) is 1.99. The Morgan fingerprint density at radius 1 is 0.852 bits per heavy atom. The first kappa shape index (κ1) is 24.0. The molecule has 0 aliphatic carbocycles. The Labute approximate surface area is 172 Å². The summed E-state index contributed by atoms with van der Waals surface area (Å²) in [5.41, 5.74) is 0.946. The van der Waals surface area contributed by atoms with E-state index >= 15 is 0 Å². The third-order valence-electron chi connectivity index (χ3n) is 3.29. The second-order valence-electron chi connectivity index (χ2n) is 5.73. The lowest BCUT2D eigenvalue weighted by atomic mass is 10.2. The van der Waals surface area contributed by atoms with Crippen molar-refractivity contribution in [2.75, 3.05) is 27.2 Å². The van der Waals surface area contributed by atoms with Crippen molar-refractivity contribution in [3.8, 4) is 0 Å². The van der Waals surface area contributed by atoms with Crippen molar-refractivity contribution in [1.29, 1.82) is 0 Å². The van der Waals surface area contributed by atoms with Gasteiger partial charge in [-0.2, -0.15) is 0 Å². The maximum atomic E-state index is 12.9. The Bertz CT molecular complexity index is 761. The highest BCUT2D eigenvalue weighted by Gasteiger charge is 2.08. The van der Waals surface area contributed by atoms with Crippen molar-refractivity contribution < 1.29 is 27.4 Å². The first-order valence-corrected chi connectivity index (χ1v) is 9.34. The fourth-order valence-electron chi connectivity index (χ4n) is 1.79. The maximum Gasteiger partial charge on any atom is 0.159 e. The fourth-order valence-corrected chi connectivity index (χ4v) is 2.66. The van der Waals surface area contributed by atoms with Crippen molar-refractivity contribution in [3.63, 3.8) is 0 Å². The highest BCUT2D eigenvalue weighted by atomic mass is 79.9. The van der Waals surface area contributed by atoms with Crippen molar-refractivity contribution >= 4 is 31.9 Å². The number of halogens is 6. The van der Waals surface area contributed by atoms with E-state index in [1.54, 1.807) is 0 Å². The van der Waals surface area contributed by atoms with E-state index in [1.807, 2.05) is 19.0 Å². The molecule has 3 nitrogen and oxygen atoms in total. The predicted octanol–water partition coefficient (Wildman–Crippen LogP) is 5.03. The van der Waals surface area contributed by atoms with Crippen LogP contribution in [0.5, 0.6) is 0 Å². The summed E-state index contributed by atoms with van der Waals surface area (Å²) >= 11 is 6.14. The molecule has 0 aromatic heterocycles. The average Bonchev–Trinajstić information content (AvgIpc) is 2.59. The Hall–Kier alpha value is -1.00. The van der Waals surface area contributed by atoms with E-state index in [0.29, 0.717) is 26.7 Å². The minimum absolute atomic E-state index is 0.269. The van der Waals surface area contributed by atoms with Crippen molar-refractivity contribution in [2.45, 2.75) is 13.2 Å². The molecule has 0 saturated carbocycles. The molecular formula is C18H19Br2F4NO2. The van der Waals surface area contributed by atoms with Crippen LogP contribution in [0.1, 0.15) is 11.1 Å². The van der Waals surface area contributed by atoms with E-state index in [0.717, 1.165) is 30.8 Å². The molecule has 9 heteroatoms. The van der Waals surface area contributed by atoms with Crippen LogP contribution in [0.25, 0.3) is 0 Å². The molecule has 0 aliphatic rings. The topological polar surface area (TPSA) is 32.7 Å². The van der Waals surface area contributed by atoms with Gasteiger partial charge in [-0.05, 0) is 49.5 Å². The van der Waals surface area contributed by atoms with E-state index in [2.05, 4.69) is 31.9 Å². The zero-order chi connectivity index (χ0) is 20.6. The zero-order valence-electron chi connectivity index (χ0n) is 14.7. The molecule has 0 atom stereocenters. The molecule has 0 unspecified atom stereocenters. The number of rotatable bonds is 6. The largest absolute Gasteiger partial charge is 0.392 e. The van der Waals surface area contributed by atoms with Crippen LogP contribution in [0.15, 0.2) is 33.2 Å². The fraction of sp³-hybridized carbons (Fsp3) is 0.333. The SMILES string of the molecule is CN(C)CCOCc1cc(F)c(F)cc1Br.OCc1cc(F)c(F)cc1Br. The molecule has 27 heavy (non-hydrogen) atoms.